The Morgan fingerprint density at radius 1 is 1.43 bits per heavy atom. The Hall–Kier alpha value is -2.37. The molecular formula is C15H19FN4O. The van der Waals surface area contributed by atoms with Crippen molar-refractivity contribution in [3.05, 3.63) is 47.0 Å². The summed E-state index contributed by atoms with van der Waals surface area (Å²) in [5, 5.41) is 7.00. The number of amides is 1. The van der Waals surface area contributed by atoms with Crippen molar-refractivity contribution < 1.29 is 9.18 Å². The van der Waals surface area contributed by atoms with E-state index in [2.05, 4.69) is 10.4 Å². The number of carbonyl (C=O) groups is 1. The number of halogens is 1. The number of aromatic nitrogens is 2. The largest absolute Gasteiger partial charge is 0.396 e. The van der Waals surface area contributed by atoms with Crippen molar-refractivity contribution in [2.75, 3.05) is 12.3 Å². The molecule has 0 radical (unpaired) electrons. The van der Waals surface area contributed by atoms with E-state index in [0.717, 1.165) is 17.0 Å². The van der Waals surface area contributed by atoms with E-state index in [1.165, 1.54) is 12.1 Å². The fraction of sp³-hybridized carbons (Fsp3) is 0.333. The van der Waals surface area contributed by atoms with Gasteiger partial charge in [-0.2, -0.15) is 5.10 Å². The van der Waals surface area contributed by atoms with E-state index in [1.54, 1.807) is 17.7 Å². The van der Waals surface area contributed by atoms with Gasteiger partial charge in [0.05, 0.1) is 17.1 Å². The maximum atomic E-state index is 13.0. The van der Waals surface area contributed by atoms with E-state index in [9.17, 15) is 9.18 Å². The van der Waals surface area contributed by atoms with E-state index in [4.69, 9.17) is 5.73 Å². The van der Waals surface area contributed by atoms with Crippen LogP contribution < -0.4 is 11.1 Å². The molecule has 1 amide bonds. The highest BCUT2D eigenvalue weighted by Gasteiger charge is 2.11. The van der Waals surface area contributed by atoms with Crippen LogP contribution in [0.1, 0.15) is 17.0 Å². The zero-order valence-corrected chi connectivity index (χ0v) is 12.2. The molecule has 0 fully saturated rings. The summed E-state index contributed by atoms with van der Waals surface area (Å²) < 4.78 is 14.6. The average Bonchev–Trinajstić information content (AvgIpc) is 2.66. The molecule has 0 unspecified atom stereocenters. The van der Waals surface area contributed by atoms with E-state index >= 15 is 0 Å². The monoisotopic (exact) mass is 290 g/mol. The van der Waals surface area contributed by atoms with Crippen LogP contribution in [-0.2, 0) is 17.8 Å². The van der Waals surface area contributed by atoms with Crippen molar-refractivity contribution >= 4 is 11.6 Å². The van der Waals surface area contributed by atoms with Crippen LogP contribution in [0.2, 0.25) is 0 Å². The smallest absolute Gasteiger partial charge is 0.241 e. The lowest BCUT2D eigenvalue weighted by atomic mass is 10.1. The maximum Gasteiger partial charge on any atom is 0.241 e. The van der Waals surface area contributed by atoms with E-state index in [-0.39, 0.29) is 18.3 Å². The molecule has 0 atom stereocenters. The summed E-state index contributed by atoms with van der Waals surface area (Å²) in [5.41, 5.74) is 8.79. The van der Waals surface area contributed by atoms with Crippen molar-refractivity contribution in [2.24, 2.45) is 0 Å². The molecule has 0 aliphatic heterocycles. The van der Waals surface area contributed by atoms with Crippen LogP contribution in [-0.4, -0.2) is 22.2 Å². The minimum Gasteiger partial charge on any atom is -0.396 e. The van der Waals surface area contributed by atoms with Gasteiger partial charge in [0, 0.05) is 6.54 Å². The maximum absolute atomic E-state index is 13.0. The number of hydrogen-bond acceptors (Lipinski definition) is 3. The van der Waals surface area contributed by atoms with E-state index < -0.39 is 0 Å². The van der Waals surface area contributed by atoms with Crippen molar-refractivity contribution in [1.29, 1.82) is 0 Å². The predicted molar refractivity (Wildman–Crippen MR) is 79.2 cm³/mol. The second-order valence-corrected chi connectivity index (χ2v) is 4.97. The molecule has 1 aromatic carbocycles. The fourth-order valence-corrected chi connectivity index (χ4v) is 2.10. The Morgan fingerprint density at radius 3 is 2.81 bits per heavy atom. The Morgan fingerprint density at radius 2 is 2.19 bits per heavy atom. The minimum absolute atomic E-state index is 0.132. The summed E-state index contributed by atoms with van der Waals surface area (Å²) in [7, 11) is 0. The van der Waals surface area contributed by atoms with Gasteiger partial charge in [-0.1, -0.05) is 12.1 Å². The molecule has 3 N–H and O–H groups in total. The number of carbonyl (C=O) groups excluding carboxylic acids is 1. The minimum atomic E-state index is -0.267. The van der Waals surface area contributed by atoms with Gasteiger partial charge in [0.2, 0.25) is 5.91 Å². The molecule has 0 aliphatic carbocycles. The van der Waals surface area contributed by atoms with Gasteiger partial charge in [0.1, 0.15) is 12.4 Å². The van der Waals surface area contributed by atoms with Gasteiger partial charge in [-0.3, -0.25) is 9.48 Å². The lowest BCUT2D eigenvalue weighted by Gasteiger charge is -2.07. The zero-order chi connectivity index (χ0) is 15.4. The SMILES string of the molecule is Cc1nn(CC(=O)NCCc2cccc(F)c2)c(C)c1N. The summed E-state index contributed by atoms with van der Waals surface area (Å²) in [6.07, 6.45) is 0.586. The first-order valence-electron chi connectivity index (χ1n) is 6.78. The second-order valence-electron chi connectivity index (χ2n) is 4.97. The average molecular weight is 290 g/mol. The van der Waals surface area contributed by atoms with Crippen LogP contribution in [0.25, 0.3) is 0 Å². The first kappa shape index (κ1) is 15.0. The van der Waals surface area contributed by atoms with Crippen LogP contribution in [0.3, 0.4) is 0 Å². The molecule has 5 nitrogen and oxygen atoms in total. The normalized spacial score (nSPS) is 10.6. The number of anilines is 1. The number of hydrogen-bond donors (Lipinski definition) is 2. The quantitative estimate of drug-likeness (QED) is 0.878. The molecule has 21 heavy (non-hydrogen) atoms. The lowest BCUT2D eigenvalue weighted by Crippen LogP contribution is -2.30. The van der Waals surface area contributed by atoms with Gasteiger partial charge in [-0.15, -0.1) is 0 Å². The van der Waals surface area contributed by atoms with Gasteiger partial charge in [-0.05, 0) is 38.0 Å². The summed E-state index contributed by atoms with van der Waals surface area (Å²) in [4.78, 5) is 11.9. The van der Waals surface area contributed by atoms with Gasteiger partial charge in [0.25, 0.3) is 0 Å². The van der Waals surface area contributed by atoms with Crippen LogP contribution >= 0.6 is 0 Å². The molecule has 0 saturated carbocycles. The Bertz CT molecular complexity index is 651. The van der Waals surface area contributed by atoms with Crippen LogP contribution in [0.5, 0.6) is 0 Å². The number of nitrogens with two attached hydrogens (primary N) is 1. The van der Waals surface area contributed by atoms with Crippen LogP contribution in [0.15, 0.2) is 24.3 Å². The van der Waals surface area contributed by atoms with Gasteiger partial charge in [0.15, 0.2) is 0 Å². The first-order chi connectivity index (χ1) is 9.97. The molecular weight excluding hydrogens is 271 g/mol. The molecule has 1 heterocycles. The molecule has 2 rings (SSSR count). The highest BCUT2D eigenvalue weighted by molar-refractivity contribution is 5.75. The standard InChI is InChI=1S/C15H19FN4O/c1-10-15(17)11(2)20(19-10)9-14(21)18-7-6-12-4-3-5-13(16)8-12/h3-5,8H,6-7,9,17H2,1-2H3,(H,18,21). The Kier molecular flexibility index (Phi) is 4.57. The number of nitrogen functional groups attached to an aromatic ring is 1. The summed E-state index contributed by atoms with van der Waals surface area (Å²) >= 11 is 0. The number of benzene rings is 1. The van der Waals surface area contributed by atoms with Crippen molar-refractivity contribution in [3.63, 3.8) is 0 Å². The summed E-state index contributed by atoms with van der Waals surface area (Å²) in [5.74, 6) is -0.408. The highest BCUT2D eigenvalue weighted by Crippen LogP contribution is 2.14. The topological polar surface area (TPSA) is 72.9 Å². The zero-order valence-electron chi connectivity index (χ0n) is 12.2. The van der Waals surface area contributed by atoms with Crippen LogP contribution in [0.4, 0.5) is 10.1 Å². The first-order valence-corrected chi connectivity index (χ1v) is 6.78. The van der Waals surface area contributed by atoms with Gasteiger partial charge < -0.3 is 11.1 Å². The number of nitrogens with zero attached hydrogens (tertiary/aromatic N) is 2. The lowest BCUT2D eigenvalue weighted by molar-refractivity contribution is -0.121. The molecule has 6 heteroatoms. The summed E-state index contributed by atoms with van der Waals surface area (Å²) in [6.45, 7) is 4.22. The number of rotatable bonds is 5. The molecule has 112 valence electrons. The third-order valence-electron chi connectivity index (χ3n) is 3.36. The van der Waals surface area contributed by atoms with E-state index in [0.29, 0.717) is 18.7 Å². The molecule has 1 aromatic heterocycles. The van der Waals surface area contributed by atoms with Crippen molar-refractivity contribution in [2.45, 2.75) is 26.8 Å². The molecule has 0 aliphatic rings. The van der Waals surface area contributed by atoms with Crippen molar-refractivity contribution in [3.8, 4) is 0 Å². The third-order valence-corrected chi connectivity index (χ3v) is 3.36. The second kappa shape index (κ2) is 6.39. The predicted octanol–water partition coefficient (Wildman–Crippen LogP) is 1.58. The fourth-order valence-electron chi connectivity index (χ4n) is 2.10. The third kappa shape index (κ3) is 3.81. The molecule has 0 saturated heterocycles. The van der Waals surface area contributed by atoms with Gasteiger partial charge in [-0.25, -0.2) is 4.39 Å². The molecule has 0 bridgehead atoms. The Labute approximate surface area is 123 Å². The Balaban J connectivity index is 1.84. The highest BCUT2D eigenvalue weighted by atomic mass is 19.1. The number of nitrogens with one attached hydrogen (secondary N) is 1. The molecule has 0 spiro atoms. The molecule has 2 aromatic rings. The van der Waals surface area contributed by atoms with E-state index in [1.807, 2.05) is 13.0 Å². The van der Waals surface area contributed by atoms with Crippen LogP contribution in [0, 0.1) is 19.7 Å². The number of aryl methyl sites for hydroxylation is 1. The van der Waals surface area contributed by atoms with Crippen molar-refractivity contribution in [1.82, 2.24) is 15.1 Å². The van der Waals surface area contributed by atoms with Gasteiger partial charge >= 0.3 is 0 Å². The summed E-state index contributed by atoms with van der Waals surface area (Å²) in [6, 6.07) is 6.35.